The molecule has 2 fully saturated rings. The highest BCUT2D eigenvalue weighted by molar-refractivity contribution is 7.12. The van der Waals surface area contributed by atoms with Crippen molar-refractivity contribution in [2.45, 2.75) is 37.8 Å². The van der Waals surface area contributed by atoms with Crippen LogP contribution >= 0.6 is 11.3 Å². The lowest BCUT2D eigenvalue weighted by Gasteiger charge is -2.40. The first-order chi connectivity index (χ1) is 13.6. The minimum atomic E-state index is -0.327. The average molecular weight is 398 g/mol. The van der Waals surface area contributed by atoms with E-state index < -0.39 is 0 Å². The van der Waals surface area contributed by atoms with Gasteiger partial charge in [0.1, 0.15) is 6.04 Å². The topological polar surface area (TPSA) is 43.9 Å². The molecule has 3 heterocycles. The molecule has 0 radical (unpaired) electrons. The van der Waals surface area contributed by atoms with Crippen LogP contribution in [0.5, 0.6) is 0 Å². The van der Waals surface area contributed by atoms with Gasteiger partial charge >= 0.3 is 0 Å². The van der Waals surface area contributed by atoms with Crippen LogP contribution in [-0.2, 0) is 4.79 Å². The molecule has 148 valence electrons. The van der Waals surface area contributed by atoms with Gasteiger partial charge in [-0.1, -0.05) is 24.3 Å². The molecular weight excluding hydrogens is 370 g/mol. The number of para-hydroxylation sites is 1. The number of hydrogen-bond donors (Lipinski definition) is 0. The van der Waals surface area contributed by atoms with Gasteiger partial charge in [0.15, 0.2) is 0 Å². The van der Waals surface area contributed by atoms with E-state index in [9.17, 15) is 9.59 Å². The summed E-state index contributed by atoms with van der Waals surface area (Å²) in [5.74, 6) is 0.0797. The minimum Gasteiger partial charge on any atom is -0.369 e. The van der Waals surface area contributed by atoms with Crippen molar-refractivity contribution in [2.24, 2.45) is 0 Å². The Bertz CT molecular complexity index is 808. The zero-order chi connectivity index (χ0) is 19.5. The SMILES string of the molecule is CN(C(=O)[C@@H]1CCCN1C(=O)c1cccs1)C1CCCN(c2ccccc2)C1. The first-order valence-electron chi connectivity index (χ1n) is 10.1. The summed E-state index contributed by atoms with van der Waals surface area (Å²) in [5, 5.41) is 1.91. The molecule has 2 atom stereocenters. The molecule has 6 heteroatoms. The fourth-order valence-corrected chi connectivity index (χ4v) is 5.05. The Kier molecular flexibility index (Phi) is 5.67. The summed E-state index contributed by atoms with van der Waals surface area (Å²) in [6.07, 6.45) is 3.73. The highest BCUT2D eigenvalue weighted by atomic mass is 32.1. The smallest absolute Gasteiger partial charge is 0.264 e. The maximum absolute atomic E-state index is 13.3. The standard InChI is InChI=1S/C22H27N3O2S/c1-23(18-10-5-13-24(16-18)17-8-3-2-4-9-17)21(26)19-11-6-14-25(19)22(27)20-12-7-15-28-20/h2-4,7-9,12,15,18-19H,5-6,10-11,13-14,16H2,1H3/t18?,19-/m0/s1. The van der Waals surface area contributed by atoms with Gasteiger partial charge in [0, 0.05) is 38.4 Å². The predicted molar refractivity (Wildman–Crippen MR) is 113 cm³/mol. The van der Waals surface area contributed by atoms with E-state index in [0.717, 1.165) is 43.6 Å². The lowest BCUT2D eigenvalue weighted by molar-refractivity contribution is -0.136. The molecule has 1 aromatic heterocycles. The van der Waals surface area contributed by atoms with Gasteiger partial charge in [-0.15, -0.1) is 11.3 Å². The van der Waals surface area contributed by atoms with Crippen LogP contribution in [0.15, 0.2) is 47.8 Å². The molecule has 4 rings (SSSR count). The second-order valence-electron chi connectivity index (χ2n) is 7.66. The normalized spacial score (nSPS) is 22.3. The van der Waals surface area contributed by atoms with Crippen LogP contribution in [0, 0.1) is 0 Å². The van der Waals surface area contributed by atoms with Gasteiger partial charge < -0.3 is 14.7 Å². The maximum Gasteiger partial charge on any atom is 0.264 e. The summed E-state index contributed by atoms with van der Waals surface area (Å²) < 4.78 is 0. The molecule has 2 aliphatic heterocycles. The molecule has 2 aliphatic rings. The van der Waals surface area contributed by atoms with Gasteiger partial charge in [0.2, 0.25) is 5.91 Å². The van der Waals surface area contributed by atoms with Crippen molar-refractivity contribution < 1.29 is 9.59 Å². The number of thiophene rings is 1. The molecule has 0 spiro atoms. The Morgan fingerprint density at radius 2 is 1.82 bits per heavy atom. The van der Waals surface area contributed by atoms with Crippen LogP contribution in [-0.4, -0.2) is 60.4 Å². The third-order valence-corrected chi connectivity index (χ3v) is 6.80. The van der Waals surface area contributed by atoms with Gasteiger partial charge in [0.25, 0.3) is 5.91 Å². The van der Waals surface area contributed by atoms with E-state index in [-0.39, 0.29) is 23.9 Å². The van der Waals surface area contributed by atoms with Crippen LogP contribution in [0.4, 0.5) is 5.69 Å². The van der Waals surface area contributed by atoms with Crippen LogP contribution < -0.4 is 4.90 Å². The number of likely N-dealkylation sites (tertiary alicyclic amines) is 1. The fourth-order valence-electron chi connectivity index (χ4n) is 4.37. The van der Waals surface area contributed by atoms with Gasteiger partial charge in [-0.05, 0) is 49.3 Å². The lowest BCUT2D eigenvalue weighted by Crippen LogP contribution is -2.54. The first-order valence-corrected chi connectivity index (χ1v) is 10.9. The molecule has 2 saturated heterocycles. The fraction of sp³-hybridized carbons (Fsp3) is 0.455. The summed E-state index contributed by atoms with van der Waals surface area (Å²) in [6, 6.07) is 14.0. The molecule has 0 bridgehead atoms. The van der Waals surface area contributed by atoms with Gasteiger partial charge in [-0.2, -0.15) is 0 Å². The number of nitrogens with zero attached hydrogens (tertiary/aromatic N) is 3. The van der Waals surface area contributed by atoms with E-state index in [4.69, 9.17) is 0 Å². The Hall–Kier alpha value is -2.34. The maximum atomic E-state index is 13.3. The molecule has 5 nitrogen and oxygen atoms in total. The quantitative estimate of drug-likeness (QED) is 0.793. The predicted octanol–water partition coefficient (Wildman–Crippen LogP) is 3.48. The second kappa shape index (κ2) is 8.35. The van der Waals surface area contributed by atoms with Crippen molar-refractivity contribution in [3.8, 4) is 0 Å². The summed E-state index contributed by atoms with van der Waals surface area (Å²) in [7, 11) is 1.91. The van der Waals surface area contributed by atoms with Gasteiger partial charge in [-0.25, -0.2) is 0 Å². The van der Waals surface area contributed by atoms with E-state index in [2.05, 4.69) is 29.2 Å². The van der Waals surface area contributed by atoms with Crippen LogP contribution in [0.3, 0.4) is 0 Å². The largest absolute Gasteiger partial charge is 0.369 e. The Morgan fingerprint density at radius 1 is 1.04 bits per heavy atom. The molecular formula is C22H27N3O2S. The molecule has 1 unspecified atom stereocenters. The van der Waals surface area contributed by atoms with Crippen molar-refractivity contribution in [2.75, 3.05) is 31.6 Å². The van der Waals surface area contributed by atoms with E-state index in [1.807, 2.05) is 35.5 Å². The number of carbonyl (C=O) groups excluding carboxylic acids is 2. The number of amides is 2. The molecule has 1 aromatic carbocycles. The summed E-state index contributed by atoms with van der Waals surface area (Å²) >= 11 is 1.44. The van der Waals surface area contributed by atoms with E-state index in [0.29, 0.717) is 6.54 Å². The van der Waals surface area contributed by atoms with E-state index in [1.165, 1.54) is 17.0 Å². The van der Waals surface area contributed by atoms with Gasteiger partial charge in [-0.3, -0.25) is 9.59 Å². The second-order valence-corrected chi connectivity index (χ2v) is 8.61. The Balaban J connectivity index is 1.44. The summed E-state index contributed by atoms with van der Waals surface area (Å²) in [5.41, 5.74) is 1.21. The summed E-state index contributed by atoms with van der Waals surface area (Å²) in [6.45, 7) is 2.54. The Labute approximate surface area is 170 Å². The van der Waals surface area contributed by atoms with Crippen molar-refractivity contribution in [1.29, 1.82) is 0 Å². The van der Waals surface area contributed by atoms with Gasteiger partial charge in [0.05, 0.1) is 4.88 Å². The van der Waals surface area contributed by atoms with Crippen molar-refractivity contribution in [3.05, 3.63) is 52.7 Å². The molecule has 0 aliphatic carbocycles. The third-order valence-electron chi connectivity index (χ3n) is 5.94. The molecule has 0 N–H and O–H groups in total. The molecule has 28 heavy (non-hydrogen) atoms. The Morgan fingerprint density at radius 3 is 2.57 bits per heavy atom. The zero-order valence-corrected chi connectivity index (χ0v) is 17.1. The van der Waals surface area contributed by atoms with Crippen molar-refractivity contribution in [3.63, 3.8) is 0 Å². The van der Waals surface area contributed by atoms with Crippen LogP contribution in [0.2, 0.25) is 0 Å². The molecule has 0 saturated carbocycles. The van der Waals surface area contributed by atoms with E-state index in [1.54, 1.807) is 4.90 Å². The number of likely N-dealkylation sites (N-methyl/N-ethyl adjacent to an activating group) is 1. The number of rotatable bonds is 4. The minimum absolute atomic E-state index is 0.00573. The number of anilines is 1. The highest BCUT2D eigenvalue weighted by Gasteiger charge is 2.38. The van der Waals surface area contributed by atoms with Crippen molar-refractivity contribution in [1.82, 2.24) is 9.80 Å². The number of carbonyl (C=O) groups is 2. The zero-order valence-electron chi connectivity index (χ0n) is 16.3. The summed E-state index contributed by atoms with van der Waals surface area (Å²) in [4.78, 5) is 32.9. The van der Waals surface area contributed by atoms with E-state index >= 15 is 0 Å². The molecule has 2 amide bonds. The number of hydrogen-bond acceptors (Lipinski definition) is 4. The van der Waals surface area contributed by atoms with Crippen molar-refractivity contribution >= 4 is 28.8 Å². The monoisotopic (exact) mass is 397 g/mol. The van der Waals surface area contributed by atoms with Crippen LogP contribution in [0.1, 0.15) is 35.4 Å². The highest BCUT2D eigenvalue weighted by Crippen LogP contribution is 2.26. The number of benzene rings is 1. The molecule has 2 aromatic rings. The lowest BCUT2D eigenvalue weighted by atomic mass is 10.0. The average Bonchev–Trinajstić information content (AvgIpc) is 3.45. The first kappa shape index (κ1) is 19.0. The van der Waals surface area contributed by atoms with Crippen LogP contribution in [0.25, 0.3) is 0 Å². The third kappa shape index (κ3) is 3.78. The number of piperidine rings is 1.